The maximum atomic E-state index is 6.12. The lowest BCUT2D eigenvalue weighted by Crippen LogP contribution is -2.27. The van der Waals surface area contributed by atoms with Crippen LogP contribution in [0.1, 0.15) is 31.0 Å². The Morgan fingerprint density at radius 1 is 1.15 bits per heavy atom. The number of hydrogen-bond donors (Lipinski definition) is 0. The molecule has 2 aromatic heterocycles. The number of nitrogens with zero attached hydrogens (tertiary/aromatic N) is 4. The molecule has 6 heteroatoms. The van der Waals surface area contributed by atoms with E-state index in [1.807, 2.05) is 18.2 Å². The molecule has 1 atom stereocenters. The van der Waals surface area contributed by atoms with Gasteiger partial charge >= 0.3 is 0 Å². The fraction of sp³-hybridized carbons (Fsp3) is 0.400. The summed E-state index contributed by atoms with van der Waals surface area (Å²) in [7, 11) is 1.68. The summed E-state index contributed by atoms with van der Waals surface area (Å²) in [6.45, 7) is 5.15. The Morgan fingerprint density at radius 3 is 2.65 bits per heavy atom. The normalized spacial score (nSPS) is 17.9. The molecule has 4 rings (SSSR count). The molecule has 1 saturated heterocycles. The van der Waals surface area contributed by atoms with Crippen LogP contribution >= 0.6 is 11.6 Å². The van der Waals surface area contributed by atoms with Crippen LogP contribution in [0.3, 0.4) is 0 Å². The Kier molecular flexibility index (Phi) is 4.83. The molecule has 0 N–H and O–H groups in total. The number of fused-ring (bicyclic) bond motifs is 1. The number of aromatic nitrogens is 3. The highest BCUT2D eigenvalue weighted by Gasteiger charge is 2.22. The number of benzene rings is 1. The Bertz CT molecular complexity index is 906. The van der Waals surface area contributed by atoms with E-state index in [0.717, 1.165) is 36.4 Å². The van der Waals surface area contributed by atoms with E-state index in [9.17, 15) is 0 Å². The van der Waals surface area contributed by atoms with Gasteiger partial charge in [-0.1, -0.05) is 23.7 Å². The van der Waals surface area contributed by atoms with Gasteiger partial charge in [0.1, 0.15) is 11.3 Å². The van der Waals surface area contributed by atoms with Gasteiger partial charge in [-0.3, -0.25) is 4.90 Å². The van der Waals surface area contributed by atoms with Crippen LogP contribution in [-0.4, -0.2) is 39.4 Å². The Balaban J connectivity index is 1.71. The molecule has 0 amide bonds. The van der Waals surface area contributed by atoms with E-state index < -0.39 is 0 Å². The minimum Gasteiger partial charge on any atom is -0.497 e. The number of ether oxygens (including phenoxy) is 1. The van der Waals surface area contributed by atoms with Crippen molar-refractivity contribution in [2.45, 2.75) is 38.9 Å². The first kappa shape index (κ1) is 17.3. The van der Waals surface area contributed by atoms with Crippen molar-refractivity contribution in [2.24, 2.45) is 0 Å². The molecular formula is C20H23ClN4O. The van der Waals surface area contributed by atoms with E-state index in [2.05, 4.69) is 44.8 Å². The van der Waals surface area contributed by atoms with Gasteiger partial charge in [0.05, 0.1) is 12.6 Å². The van der Waals surface area contributed by atoms with E-state index in [1.54, 1.807) is 7.11 Å². The predicted molar refractivity (Wildman–Crippen MR) is 104 cm³/mol. The van der Waals surface area contributed by atoms with Gasteiger partial charge in [0.25, 0.3) is 0 Å². The molecule has 1 aromatic carbocycles. The highest BCUT2D eigenvalue weighted by Crippen LogP contribution is 2.26. The zero-order valence-electron chi connectivity index (χ0n) is 15.2. The van der Waals surface area contributed by atoms with Gasteiger partial charge in [-0.25, -0.2) is 0 Å². The summed E-state index contributed by atoms with van der Waals surface area (Å²) >= 11 is 6.12. The third-order valence-corrected chi connectivity index (χ3v) is 5.45. The molecular weight excluding hydrogens is 348 g/mol. The minimum atomic E-state index is 0.424. The average molecular weight is 371 g/mol. The summed E-state index contributed by atoms with van der Waals surface area (Å²) in [4.78, 5) is 2.54. The third-order valence-electron chi connectivity index (χ3n) is 5.27. The van der Waals surface area contributed by atoms with E-state index in [-0.39, 0.29) is 0 Å². The van der Waals surface area contributed by atoms with Gasteiger partial charge < -0.3 is 9.30 Å². The molecule has 26 heavy (non-hydrogen) atoms. The van der Waals surface area contributed by atoms with Crippen LogP contribution in [0.5, 0.6) is 5.75 Å². The summed E-state index contributed by atoms with van der Waals surface area (Å²) < 4.78 is 7.57. The quantitative estimate of drug-likeness (QED) is 0.677. The lowest BCUT2D eigenvalue weighted by atomic mass is 10.2. The molecule has 0 unspecified atom stereocenters. The second-order valence-corrected chi connectivity index (χ2v) is 7.36. The van der Waals surface area contributed by atoms with Crippen molar-refractivity contribution in [1.82, 2.24) is 19.7 Å². The third kappa shape index (κ3) is 3.41. The van der Waals surface area contributed by atoms with E-state index in [4.69, 9.17) is 16.3 Å². The molecule has 1 aliphatic heterocycles. The average Bonchev–Trinajstić information content (AvgIpc) is 3.20. The standard InChI is InChI=1S/C20H23ClN4O/c1-14-4-3-9-24(14)13-16-10-18-19(11-20(21)23-22-18)25(16)12-15-5-7-17(26-2)8-6-15/h5-8,10-11,14H,3-4,9,12-13H2,1-2H3/t14-/m0/s1. The first-order chi connectivity index (χ1) is 12.6. The SMILES string of the molecule is COc1ccc(Cn2c(CN3CCC[C@@H]3C)cc3nnc(Cl)cc32)cc1. The molecule has 3 heterocycles. The highest BCUT2D eigenvalue weighted by molar-refractivity contribution is 6.29. The lowest BCUT2D eigenvalue weighted by Gasteiger charge is -2.22. The summed E-state index contributed by atoms with van der Waals surface area (Å²) in [6, 6.07) is 12.9. The molecule has 0 saturated carbocycles. The van der Waals surface area contributed by atoms with Crippen LogP contribution in [0.25, 0.3) is 11.0 Å². The number of likely N-dealkylation sites (tertiary alicyclic amines) is 1. The van der Waals surface area contributed by atoms with Crippen molar-refractivity contribution in [3.8, 4) is 5.75 Å². The zero-order chi connectivity index (χ0) is 18.1. The van der Waals surface area contributed by atoms with Gasteiger partial charge in [-0.15, -0.1) is 10.2 Å². The van der Waals surface area contributed by atoms with E-state index in [1.165, 1.54) is 24.1 Å². The summed E-state index contributed by atoms with van der Waals surface area (Å²) in [5, 5.41) is 8.72. The molecule has 1 aliphatic rings. The Labute approximate surface area is 158 Å². The zero-order valence-corrected chi connectivity index (χ0v) is 15.9. The maximum Gasteiger partial charge on any atom is 0.153 e. The van der Waals surface area contributed by atoms with Crippen LogP contribution in [0.15, 0.2) is 36.4 Å². The molecule has 1 fully saturated rings. The van der Waals surface area contributed by atoms with Crippen molar-refractivity contribution in [1.29, 1.82) is 0 Å². The van der Waals surface area contributed by atoms with Crippen molar-refractivity contribution in [3.05, 3.63) is 52.8 Å². The lowest BCUT2D eigenvalue weighted by molar-refractivity contribution is 0.254. The van der Waals surface area contributed by atoms with Crippen molar-refractivity contribution < 1.29 is 4.74 Å². The second kappa shape index (κ2) is 7.25. The summed E-state index contributed by atoms with van der Waals surface area (Å²) in [5.74, 6) is 0.867. The first-order valence-electron chi connectivity index (χ1n) is 9.02. The fourth-order valence-electron chi connectivity index (χ4n) is 3.74. The largest absolute Gasteiger partial charge is 0.497 e. The van der Waals surface area contributed by atoms with Gasteiger partial charge in [0.2, 0.25) is 0 Å². The number of rotatable bonds is 5. The van der Waals surface area contributed by atoms with Crippen LogP contribution in [0.4, 0.5) is 0 Å². The van der Waals surface area contributed by atoms with Crippen molar-refractivity contribution in [3.63, 3.8) is 0 Å². The maximum absolute atomic E-state index is 6.12. The summed E-state index contributed by atoms with van der Waals surface area (Å²) in [6.07, 6.45) is 2.54. The van der Waals surface area contributed by atoms with Crippen molar-refractivity contribution in [2.75, 3.05) is 13.7 Å². The number of halogens is 1. The molecule has 0 spiro atoms. The number of hydrogen-bond acceptors (Lipinski definition) is 4. The minimum absolute atomic E-state index is 0.424. The molecule has 0 radical (unpaired) electrons. The molecule has 136 valence electrons. The number of methoxy groups -OCH3 is 1. The monoisotopic (exact) mass is 370 g/mol. The van der Waals surface area contributed by atoms with E-state index in [0.29, 0.717) is 11.2 Å². The summed E-state index contributed by atoms with van der Waals surface area (Å²) in [5.41, 5.74) is 4.39. The van der Waals surface area contributed by atoms with Crippen molar-refractivity contribution >= 4 is 22.6 Å². The smallest absolute Gasteiger partial charge is 0.153 e. The topological polar surface area (TPSA) is 43.2 Å². The molecule has 0 aliphatic carbocycles. The fourth-order valence-corrected chi connectivity index (χ4v) is 3.89. The molecule has 3 aromatic rings. The van der Waals surface area contributed by atoms with Gasteiger partial charge in [-0.2, -0.15) is 0 Å². The Morgan fingerprint density at radius 2 is 1.96 bits per heavy atom. The van der Waals surface area contributed by atoms with Crippen LogP contribution in [-0.2, 0) is 13.1 Å². The molecule has 5 nitrogen and oxygen atoms in total. The predicted octanol–water partition coefficient (Wildman–Crippen LogP) is 4.13. The van der Waals surface area contributed by atoms with Crippen LogP contribution < -0.4 is 4.74 Å². The molecule has 0 bridgehead atoms. The van der Waals surface area contributed by atoms with Gasteiger partial charge in [0, 0.05) is 30.9 Å². The highest BCUT2D eigenvalue weighted by atomic mass is 35.5. The first-order valence-corrected chi connectivity index (χ1v) is 9.40. The second-order valence-electron chi connectivity index (χ2n) is 6.97. The van der Waals surface area contributed by atoms with Gasteiger partial charge in [0.15, 0.2) is 5.15 Å². The van der Waals surface area contributed by atoms with E-state index >= 15 is 0 Å². The Hall–Kier alpha value is -2.11. The van der Waals surface area contributed by atoms with Gasteiger partial charge in [-0.05, 0) is 50.1 Å². The van der Waals surface area contributed by atoms with Crippen LogP contribution in [0, 0.1) is 0 Å². The van der Waals surface area contributed by atoms with Crippen LogP contribution in [0.2, 0.25) is 5.15 Å².